The first-order valence-corrected chi connectivity index (χ1v) is 7.59. The van der Waals surface area contributed by atoms with Gasteiger partial charge in [0.2, 0.25) is 0 Å². The molecule has 2 aromatic heterocycles. The van der Waals surface area contributed by atoms with Crippen LogP contribution in [-0.2, 0) is 9.53 Å². The van der Waals surface area contributed by atoms with E-state index in [2.05, 4.69) is 15.4 Å². The zero-order valence-electron chi connectivity index (χ0n) is 11.8. The van der Waals surface area contributed by atoms with Crippen LogP contribution in [-0.4, -0.2) is 33.2 Å². The van der Waals surface area contributed by atoms with Crippen LogP contribution in [0.25, 0.3) is 5.65 Å². The quantitative estimate of drug-likeness (QED) is 0.938. The van der Waals surface area contributed by atoms with Crippen molar-refractivity contribution in [2.45, 2.75) is 44.1 Å². The number of nitrogens with zero attached hydrogens (tertiary/aromatic N) is 3. The zero-order valence-corrected chi connectivity index (χ0v) is 11.8. The third-order valence-electron chi connectivity index (χ3n) is 4.33. The van der Waals surface area contributed by atoms with Crippen LogP contribution in [0.2, 0.25) is 0 Å². The molecule has 1 aliphatic heterocycles. The average molecular weight is 286 g/mol. The maximum Gasteiger partial charge on any atom is 0.253 e. The van der Waals surface area contributed by atoms with E-state index in [4.69, 9.17) is 4.74 Å². The molecule has 4 rings (SSSR count). The van der Waals surface area contributed by atoms with Gasteiger partial charge in [-0.25, -0.2) is 9.50 Å². The Labute approximate surface area is 122 Å². The summed E-state index contributed by atoms with van der Waals surface area (Å²) in [5.41, 5.74) is 1.42. The molecule has 110 valence electrons. The molecule has 2 fully saturated rings. The number of hydrogen-bond donors (Lipinski definition) is 1. The molecule has 6 heteroatoms. The molecule has 0 bridgehead atoms. The lowest BCUT2D eigenvalue weighted by molar-refractivity contribution is -0.124. The van der Waals surface area contributed by atoms with E-state index in [1.54, 1.807) is 4.52 Å². The Balaban J connectivity index is 1.61. The monoisotopic (exact) mass is 286 g/mol. The third kappa shape index (κ3) is 2.29. The van der Waals surface area contributed by atoms with Crippen LogP contribution in [0, 0.1) is 0 Å². The van der Waals surface area contributed by atoms with Gasteiger partial charge < -0.3 is 10.1 Å². The highest BCUT2D eigenvalue weighted by Gasteiger charge is 2.26. The van der Waals surface area contributed by atoms with Gasteiger partial charge >= 0.3 is 0 Å². The van der Waals surface area contributed by atoms with Crippen molar-refractivity contribution in [1.29, 1.82) is 0 Å². The lowest BCUT2D eigenvalue weighted by Crippen LogP contribution is -2.27. The van der Waals surface area contributed by atoms with Gasteiger partial charge in [0.05, 0.1) is 5.69 Å². The molecule has 21 heavy (non-hydrogen) atoms. The summed E-state index contributed by atoms with van der Waals surface area (Å²) in [4.78, 5) is 16.8. The number of rotatable bonds is 3. The third-order valence-corrected chi connectivity index (χ3v) is 4.33. The highest BCUT2D eigenvalue weighted by molar-refractivity contribution is 5.97. The van der Waals surface area contributed by atoms with Crippen molar-refractivity contribution in [2.24, 2.45) is 0 Å². The zero-order chi connectivity index (χ0) is 14.2. The molecule has 2 aliphatic rings. The Morgan fingerprint density at radius 1 is 1.33 bits per heavy atom. The van der Waals surface area contributed by atoms with Gasteiger partial charge in [-0.1, -0.05) is 6.42 Å². The predicted octanol–water partition coefficient (Wildman–Crippen LogP) is 2.11. The SMILES string of the molecule is O=C(Nc1cccn2nc(C3CCC3)nc12)[C@H]1CCCO1. The van der Waals surface area contributed by atoms with Crippen molar-refractivity contribution < 1.29 is 9.53 Å². The lowest BCUT2D eigenvalue weighted by Gasteiger charge is -2.21. The van der Waals surface area contributed by atoms with E-state index in [9.17, 15) is 4.79 Å². The smallest absolute Gasteiger partial charge is 0.253 e. The molecule has 1 saturated carbocycles. The van der Waals surface area contributed by atoms with Gasteiger partial charge in [-0.3, -0.25) is 4.79 Å². The van der Waals surface area contributed by atoms with Crippen LogP contribution in [0.1, 0.15) is 43.8 Å². The summed E-state index contributed by atoms with van der Waals surface area (Å²) in [6.07, 6.45) is 6.84. The number of anilines is 1. The van der Waals surface area contributed by atoms with Gasteiger partial charge in [-0.15, -0.1) is 0 Å². The number of ether oxygens (including phenoxy) is 1. The lowest BCUT2D eigenvalue weighted by atomic mass is 9.85. The van der Waals surface area contributed by atoms with Gasteiger partial charge in [0, 0.05) is 18.7 Å². The minimum Gasteiger partial charge on any atom is -0.368 e. The summed E-state index contributed by atoms with van der Waals surface area (Å²) in [6, 6.07) is 3.73. The Morgan fingerprint density at radius 3 is 2.95 bits per heavy atom. The second-order valence-electron chi connectivity index (χ2n) is 5.78. The first kappa shape index (κ1) is 12.8. The molecule has 1 N–H and O–H groups in total. The number of nitrogens with one attached hydrogen (secondary N) is 1. The van der Waals surface area contributed by atoms with Crippen molar-refractivity contribution in [3.05, 3.63) is 24.2 Å². The van der Waals surface area contributed by atoms with E-state index in [-0.39, 0.29) is 12.0 Å². The van der Waals surface area contributed by atoms with Crippen molar-refractivity contribution in [3.8, 4) is 0 Å². The number of fused-ring (bicyclic) bond motifs is 1. The van der Waals surface area contributed by atoms with Crippen LogP contribution >= 0.6 is 0 Å². The molecular weight excluding hydrogens is 268 g/mol. The molecule has 1 atom stereocenters. The summed E-state index contributed by atoms with van der Waals surface area (Å²) in [5, 5.41) is 7.45. The molecule has 0 spiro atoms. The van der Waals surface area contributed by atoms with Gasteiger partial charge in [0.25, 0.3) is 5.91 Å². The van der Waals surface area contributed by atoms with E-state index in [1.165, 1.54) is 6.42 Å². The maximum atomic E-state index is 12.2. The molecule has 1 amide bonds. The second-order valence-corrected chi connectivity index (χ2v) is 5.78. The number of carbonyl (C=O) groups is 1. The van der Waals surface area contributed by atoms with Gasteiger partial charge in [-0.2, -0.15) is 5.10 Å². The molecular formula is C15H18N4O2. The fourth-order valence-electron chi connectivity index (χ4n) is 2.86. The van der Waals surface area contributed by atoms with Crippen molar-refractivity contribution in [3.63, 3.8) is 0 Å². The van der Waals surface area contributed by atoms with Crippen molar-refractivity contribution in [2.75, 3.05) is 11.9 Å². The van der Waals surface area contributed by atoms with E-state index >= 15 is 0 Å². The normalized spacial score (nSPS) is 22.4. The number of amides is 1. The summed E-state index contributed by atoms with van der Waals surface area (Å²) in [6.45, 7) is 0.666. The van der Waals surface area contributed by atoms with Crippen LogP contribution in [0.15, 0.2) is 18.3 Å². The summed E-state index contributed by atoms with van der Waals surface area (Å²) in [7, 11) is 0. The first-order valence-electron chi connectivity index (χ1n) is 7.59. The molecule has 0 aromatic carbocycles. The van der Waals surface area contributed by atoms with E-state index in [0.717, 1.165) is 31.5 Å². The summed E-state index contributed by atoms with van der Waals surface area (Å²) >= 11 is 0. The molecule has 0 radical (unpaired) electrons. The largest absolute Gasteiger partial charge is 0.368 e. The van der Waals surface area contributed by atoms with Crippen LogP contribution in [0.3, 0.4) is 0 Å². The standard InChI is InChI=1S/C15H18N4O2/c20-15(12-7-3-9-21-12)16-11-6-2-8-19-14(11)17-13(18-19)10-4-1-5-10/h2,6,8,10,12H,1,3-5,7,9H2,(H,16,20)/t12-/m1/s1. The Bertz CT molecular complexity index is 671. The minimum absolute atomic E-state index is 0.0891. The summed E-state index contributed by atoms with van der Waals surface area (Å²) < 4.78 is 7.16. The Hall–Kier alpha value is -1.95. The van der Waals surface area contributed by atoms with E-state index < -0.39 is 0 Å². The highest BCUT2D eigenvalue weighted by atomic mass is 16.5. The average Bonchev–Trinajstić information content (AvgIpc) is 3.05. The van der Waals surface area contributed by atoms with Gasteiger partial charge in [0.1, 0.15) is 6.10 Å². The topological polar surface area (TPSA) is 68.5 Å². The summed E-state index contributed by atoms with van der Waals surface area (Å²) in [5.74, 6) is 1.28. The number of hydrogen-bond acceptors (Lipinski definition) is 4. The van der Waals surface area contributed by atoms with Crippen LogP contribution < -0.4 is 5.32 Å². The van der Waals surface area contributed by atoms with Gasteiger partial charge in [-0.05, 0) is 37.8 Å². The number of pyridine rings is 1. The number of carbonyl (C=O) groups excluding carboxylic acids is 1. The fraction of sp³-hybridized carbons (Fsp3) is 0.533. The van der Waals surface area contributed by atoms with Crippen molar-refractivity contribution in [1.82, 2.24) is 14.6 Å². The maximum absolute atomic E-state index is 12.2. The van der Waals surface area contributed by atoms with Crippen LogP contribution in [0.5, 0.6) is 0 Å². The molecule has 6 nitrogen and oxygen atoms in total. The first-order chi connectivity index (χ1) is 10.3. The van der Waals surface area contributed by atoms with E-state index in [1.807, 2.05) is 18.3 Å². The van der Waals surface area contributed by atoms with Crippen LogP contribution in [0.4, 0.5) is 5.69 Å². The highest BCUT2D eigenvalue weighted by Crippen LogP contribution is 2.35. The minimum atomic E-state index is -0.334. The molecule has 2 aromatic rings. The fourth-order valence-corrected chi connectivity index (χ4v) is 2.86. The Kier molecular flexibility index (Phi) is 3.11. The molecule has 1 saturated heterocycles. The molecule has 1 aliphatic carbocycles. The van der Waals surface area contributed by atoms with Crippen molar-refractivity contribution >= 4 is 17.2 Å². The van der Waals surface area contributed by atoms with Gasteiger partial charge in [0.15, 0.2) is 11.5 Å². The second kappa shape index (κ2) is 5.11. The number of aromatic nitrogens is 3. The molecule has 3 heterocycles. The molecule has 0 unspecified atom stereocenters. The van der Waals surface area contributed by atoms with E-state index in [0.29, 0.717) is 23.9 Å². The predicted molar refractivity (Wildman–Crippen MR) is 77.2 cm³/mol. The Morgan fingerprint density at radius 2 is 2.24 bits per heavy atom.